The van der Waals surface area contributed by atoms with Crippen molar-refractivity contribution in [3.05, 3.63) is 202 Å². The summed E-state index contributed by atoms with van der Waals surface area (Å²) in [6.07, 6.45) is 1.84. The number of pyridine rings is 1. The molecule has 218 valence electrons. The number of rotatable bonds is 8. The van der Waals surface area contributed by atoms with Gasteiger partial charge in [-0.15, -0.1) is 10.2 Å². The third-order valence-electron chi connectivity index (χ3n) is 8.71. The van der Waals surface area contributed by atoms with Crippen molar-refractivity contribution in [3.63, 3.8) is 0 Å². The van der Waals surface area contributed by atoms with Crippen LogP contribution in [0.5, 0.6) is 0 Å². The first-order valence-electron chi connectivity index (χ1n) is 15.0. The lowest BCUT2D eigenvalue weighted by molar-refractivity contribution is 0.318. The average molecular weight is 586 g/mol. The summed E-state index contributed by atoms with van der Waals surface area (Å²) in [5, 5.41) is 18.4. The van der Waals surface area contributed by atoms with Gasteiger partial charge in [0.05, 0.1) is 5.41 Å². The van der Waals surface area contributed by atoms with E-state index in [1.165, 1.54) is 0 Å². The van der Waals surface area contributed by atoms with Crippen molar-refractivity contribution in [2.45, 2.75) is 24.5 Å². The summed E-state index contributed by atoms with van der Waals surface area (Å²) < 4.78 is 2.08. The third kappa shape index (κ3) is 4.81. The first-order valence-corrected chi connectivity index (χ1v) is 15.0. The average Bonchev–Trinajstić information content (AvgIpc) is 3.59. The van der Waals surface area contributed by atoms with Gasteiger partial charge in [-0.1, -0.05) is 140 Å². The minimum atomic E-state index is -1.25. The zero-order valence-corrected chi connectivity index (χ0v) is 24.9. The lowest BCUT2D eigenvalue weighted by atomic mass is 9.59. The van der Waals surface area contributed by atoms with Gasteiger partial charge in [-0.25, -0.2) is 0 Å². The van der Waals surface area contributed by atoms with Crippen LogP contribution in [0.3, 0.4) is 0 Å². The van der Waals surface area contributed by atoms with E-state index in [4.69, 9.17) is 10.2 Å². The molecule has 0 unspecified atom stereocenters. The Hall–Kier alpha value is -5.75. The molecular weight excluding hydrogens is 554 g/mol. The molecule has 6 heteroatoms. The highest BCUT2D eigenvalue weighted by Crippen LogP contribution is 2.58. The number of aromatic nitrogens is 1. The first-order chi connectivity index (χ1) is 22.1. The van der Waals surface area contributed by atoms with E-state index in [1.807, 2.05) is 43.5 Å². The molecule has 0 saturated carbocycles. The monoisotopic (exact) mass is 585 g/mol. The van der Waals surface area contributed by atoms with Gasteiger partial charge < -0.3 is 4.57 Å². The van der Waals surface area contributed by atoms with Crippen molar-refractivity contribution in [2.75, 3.05) is 0 Å². The lowest BCUT2D eigenvalue weighted by Gasteiger charge is -2.45. The Morgan fingerprint density at radius 3 is 1.67 bits per heavy atom. The minimum Gasteiger partial charge on any atom is -0.347 e. The van der Waals surface area contributed by atoms with Gasteiger partial charge in [0.1, 0.15) is 0 Å². The summed E-state index contributed by atoms with van der Waals surface area (Å²) >= 11 is 0. The molecule has 0 bridgehead atoms. The van der Waals surface area contributed by atoms with Gasteiger partial charge >= 0.3 is 0 Å². The molecule has 2 heterocycles. The van der Waals surface area contributed by atoms with Crippen LogP contribution in [0.4, 0.5) is 0 Å². The van der Waals surface area contributed by atoms with Gasteiger partial charge in [0.15, 0.2) is 5.43 Å². The quantitative estimate of drug-likeness (QED) is 0.164. The molecule has 0 radical (unpaired) electrons. The molecule has 0 N–H and O–H groups in total. The maximum Gasteiger partial charge on any atom is 0.238 e. The van der Waals surface area contributed by atoms with Crippen molar-refractivity contribution in [2.24, 2.45) is 20.7 Å². The summed E-state index contributed by atoms with van der Waals surface area (Å²) in [6.45, 7) is 2.62. The normalized spacial score (nSPS) is 13.6. The molecular formula is C39H31N5O. The van der Waals surface area contributed by atoms with E-state index in [-0.39, 0.29) is 5.43 Å². The molecule has 0 saturated heterocycles. The van der Waals surface area contributed by atoms with E-state index in [1.54, 1.807) is 12.1 Å². The number of hydrogen-bond acceptors (Lipinski definition) is 5. The van der Waals surface area contributed by atoms with Crippen molar-refractivity contribution in [1.29, 1.82) is 0 Å². The Morgan fingerprint density at radius 1 is 0.622 bits per heavy atom. The summed E-state index contributed by atoms with van der Waals surface area (Å²) in [5.41, 5.74) is 5.94. The fourth-order valence-electron chi connectivity index (χ4n) is 6.64. The minimum absolute atomic E-state index is 0.0171. The number of aryl methyl sites for hydroxylation is 1. The van der Waals surface area contributed by atoms with Gasteiger partial charge in [0.25, 0.3) is 0 Å². The van der Waals surface area contributed by atoms with Crippen LogP contribution in [-0.2, 0) is 17.6 Å². The van der Waals surface area contributed by atoms with Crippen molar-refractivity contribution < 1.29 is 0 Å². The zero-order valence-electron chi connectivity index (χ0n) is 24.9. The molecule has 0 fully saturated rings. The van der Waals surface area contributed by atoms with Crippen molar-refractivity contribution in [3.8, 4) is 11.1 Å². The first kappa shape index (κ1) is 28.0. The number of hydrogen-bond donors (Lipinski definition) is 0. The van der Waals surface area contributed by atoms with Crippen LogP contribution in [0.1, 0.15) is 33.5 Å². The van der Waals surface area contributed by atoms with Crippen LogP contribution in [0.2, 0.25) is 0 Å². The zero-order chi connectivity index (χ0) is 30.7. The van der Waals surface area contributed by atoms with Crippen LogP contribution >= 0.6 is 0 Å². The summed E-state index contributed by atoms with van der Waals surface area (Å²) in [7, 11) is 0. The van der Waals surface area contributed by atoms with E-state index in [9.17, 15) is 4.79 Å². The van der Waals surface area contributed by atoms with Gasteiger partial charge in [0, 0.05) is 36.1 Å². The molecule has 1 aliphatic rings. The van der Waals surface area contributed by atoms with E-state index < -0.39 is 11.1 Å². The molecule has 0 spiro atoms. The second-order valence-electron chi connectivity index (χ2n) is 11.3. The molecule has 6 aromatic rings. The van der Waals surface area contributed by atoms with E-state index >= 15 is 0 Å². The fraction of sp³-hybridized carbons (Fsp3) is 0.103. The maximum absolute atomic E-state index is 11.8. The largest absolute Gasteiger partial charge is 0.347 e. The highest BCUT2D eigenvalue weighted by molar-refractivity contribution is 5.72. The second kappa shape index (κ2) is 11.7. The Kier molecular flexibility index (Phi) is 7.31. The summed E-state index contributed by atoms with van der Waals surface area (Å²) in [6, 6.07) is 51.4. The van der Waals surface area contributed by atoms with Gasteiger partial charge in [-0.3, -0.25) is 4.79 Å². The summed E-state index contributed by atoms with van der Waals surface area (Å²) in [5.74, 6) is 0. The van der Waals surface area contributed by atoms with E-state index in [0.29, 0.717) is 6.54 Å². The number of nitrogens with zero attached hydrogens (tertiary/aromatic N) is 5. The maximum atomic E-state index is 11.8. The predicted octanol–water partition coefficient (Wildman–Crippen LogP) is 8.89. The molecule has 1 aliphatic heterocycles. The van der Waals surface area contributed by atoms with Crippen molar-refractivity contribution >= 4 is 0 Å². The van der Waals surface area contributed by atoms with Gasteiger partial charge in [-0.2, -0.15) is 0 Å². The molecule has 1 aromatic heterocycles. The topological polar surface area (TPSA) is 71.4 Å². The fourth-order valence-corrected chi connectivity index (χ4v) is 6.64. The molecule has 45 heavy (non-hydrogen) atoms. The SMILES string of the molecule is Cc1cc(=O)ccn1Cc1ccc(-c2ccccc2C2(C(c3ccccc3)(c3ccccc3)c3ccccc3)N=NN=N2)cc1. The van der Waals surface area contributed by atoms with Gasteiger partial charge in [0.2, 0.25) is 5.66 Å². The lowest BCUT2D eigenvalue weighted by Crippen LogP contribution is -2.48. The Bertz CT molecular complexity index is 1940. The van der Waals surface area contributed by atoms with E-state index in [2.05, 4.69) is 124 Å². The molecule has 0 atom stereocenters. The Balaban J connectivity index is 1.44. The van der Waals surface area contributed by atoms with Crippen LogP contribution in [0, 0.1) is 6.92 Å². The predicted molar refractivity (Wildman–Crippen MR) is 177 cm³/mol. The van der Waals surface area contributed by atoms with Crippen LogP contribution in [-0.4, -0.2) is 4.57 Å². The third-order valence-corrected chi connectivity index (χ3v) is 8.71. The summed E-state index contributed by atoms with van der Waals surface area (Å²) in [4.78, 5) is 11.8. The second-order valence-corrected chi connectivity index (χ2v) is 11.3. The Labute approximate surface area is 262 Å². The van der Waals surface area contributed by atoms with Crippen LogP contribution in [0.25, 0.3) is 11.1 Å². The molecule has 5 aromatic carbocycles. The molecule has 0 amide bonds. The standard InChI is InChI=1S/C39H31N5O/c1-29-27-35(45)25-26-44(29)28-30-21-23-31(24-22-30)36-19-11-12-20-37(36)39(40-42-43-41-39)38(32-13-5-2-6-14-32,33-15-7-3-8-16-33)34-17-9-4-10-18-34/h2-27H,28H2,1H3. The van der Waals surface area contributed by atoms with Gasteiger partial charge in [-0.05, 0) is 50.8 Å². The highest BCUT2D eigenvalue weighted by Gasteiger charge is 2.60. The smallest absolute Gasteiger partial charge is 0.238 e. The molecule has 6 nitrogen and oxygen atoms in total. The highest BCUT2D eigenvalue weighted by atomic mass is 16.1. The van der Waals surface area contributed by atoms with Crippen LogP contribution in [0.15, 0.2) is 183 Å². The Morgan fingerprint density at radius 2 is 1.13 bits per heavy atom. The van der Waals surface area contributed by atoms with E-state index in [0.717, 1.165) is 44.6 Å². The van der Waals surface area contributed by atoms with Crippen molar-refractivity contribution in [1.82, 2.24) is 4.57 Å². The molecule has 7 rings (SSSR count). The molecule has 0 aliphatic carbocycles. The number of benzene rings is 5. The van der Waals surface area contributed by atoms with Crippen LogP contribution < -0.4 is 5.43 Å².